The number of esters is 1. The van der Waals surface area contributed by atoms with Crippen molar-refractivity contribution in [2.24, 2.45) is 0 Å². The van der Waals surface area contributed by atoms with Crippen molar-refractivity contribution in [2.45, 2.75) is 51.4 Å². The fourth-order valence-corrected chi connectivity index (χ4v) is 2.67. The number of aromatic amines is 1. The Kier molecular flexibility index (Phi) is 4.71. The molecule has 0 spiro atoms. The molecule has 0 bridgehead atoms. The first-order valence-corrected chi connectivity index (χ1v) is 7.90. The maximum absolute atomic E-state index is 11.7. The monoisotopic (exact) mass is 320 g/mol. The largest absolute Gasteiger partial charge is 0.463 e. The fourth-order valence-electron chi connectivity index (χ4n) is 2.67. The van der Waals surface area contributed by atoms with Gasteiger partial charge in [-0.2, -0.15) is 0 Å². The zero-order valence-corrected chi connectivity index (χ0v) is 13.0. The molecule has 1 N–H and O–H groups in total. The van der Waals surface area contributed by atoms with Gasteiger partial charge in [-0.25, -0.2) is 9.97 Å². The number of imidazole rings is 1. The number of rotatable bonds is 6. The molecule has 0 amide bonds. The van der Waals surface area contributed by atoms with Crippen LogP contribution in [0.25, 0.3) is 11.2 Å². The van der Waals surface area contributed by atoms with E-state index in [2.05, 4.69) is 15.0 Å². The van der Waals surface area contributed by atoms with E-state index in [4.69, 9.17) is 9.47 Å². The third kappa shape index (κ3) is 3.42. The minimum absolute atomic E-state index is 0.134. The zero-order chi connectivity index (χ0) is 16.2. The van der Waals surface area contributed by atoms with E-state index in [9.17, 15) is 9.59 Å². The van der Waals surface area contributed by atoms with E-state index >= 15 is 0 Å². The molecule has 3 rings (SSSR count). The maximum Gasteiger partial charge on any atom is 0.305 e. The Morgan fingerprint density at radius 3 is 3.17 bits per heavy atom. The summed E-state index contributed by atoms with van der Waals surface area (Å²) >= 11 is 0. The summed E-state index contributed by atoms with van der Waals surface area (Å²) in [6, 6.07) is 0. The quantitative estimate of drug-likeness (QED) is 0.810. The minimum Gasteiger partial charge on any atom is -0.463 e. The molecule has 23 heavy (non-hydrogen) atoms. The number of hydrogen-bond donors (Lipinski definition) is 1. The number of H-pyrrole nitrogens is 1. The number of hydrogen-bond acceptors (Lipinski definition) is 6. The van der Waals surface area contributed by atoms with Crippen LogP contribution in [0.15, 0.2) is 17.4 Å². The van der Waals surface area contributed by atoms with Crippen molar-refractivity contribution in [2.75, 3.05) is 6.61 Å². The van der Waals surface area contributed by atoms with Gasteiger partial charge in [0.1, 0.15) is 12.8 Å². The number of nitrogens with one attached hydrogen (secondary N) is 1. The van der Waals surface area contributed by atoms with Gasteiger partial charge in [0, 0.05) is 6.42 Å². The maximum atomic E-state index is 11.7. The van der Waals surface area contributed by atoms with Gasteiger partial charge in [-0.1, -0.05) is 13.3 Å². The molecule has 2 aromatic rings. The lowest BCUT2D eigenvalue weighted by molar-refractivity contribution is -0.148. The van der Waals surface area contributed by atoms with Crippen LogP contribution in [0.3, 0.4) is 0 Å². The van der Waals surface area contributed by atoms with Crippen molar-refractivity contribution < 1.29 is 14.3 Å². The smallest absolute Gasteiger partial charge is 0.305 e. The first kappa shape index (κ1) is 15.7. The molecule has 2 unspecified atom stereocenters. The average Bonchev–Trinajstić information content (AvgIpc) is 3.18. The number of ether oxygens (including phenoxy) is 2. The Bertz CT molecular complexity index is 738. The van der Waals surface area contributed by atoms with Gasteiger partial charge in [-0.05, 0) is 19.3 Å². The summed E-state index contributed by atoms with van der Waals surface area (Å²) in [5.41, 5.74) is 0.526. The van der Waals surface area contributed by atoms with Crippen LogP contribution in [0, 0.1) is 0 Å². The topological polar surface area (TPSA) is 99.1 Å². The molecule has 0 saturated carbocycles. The SMILES string of the molecule is CCCCC(=O)OCC1CCC(n2cnc3c(=O)[nH]cnc32)O1. The van der Waals surface area contributed by atoms with Gasteiger partial charge in [0.15, 0.2) is 11.2 Å². The molecule has 1 aliphatic rings. The molecule has 1 fully saturated rings. The van der Waals surface area contributed by atoms with Crippen molar-refractivity contribution in [1.29, 1.82) is 0 Å². The molecule has 124 valence electrons. The van der Waals surface area contributed by atoms with Crippen LogP contribution in [0.4, 0.5) is 0 Å². The van der Waals surface area contributed by atoms with Crippen molar-refractivity contribution >= 4 is 17.1 Å². The third-order valence-electron chi connectivity index (χ3n) is 3.93. The van der Waals surface area contributed by atoms with E-state index in [1.54, 1.807) is 10.9 Å². The molecule has 0 aliphatic carbocycles. The van der Waals surface area contributed by atoms with Gasteiger partial charge in [-0.3, -0.25) is 14.2 Å². The lowest BCUT2D eigenvalue weighted by Gasteiger charge is -2.15. The van der Waals surface area contributed by atoms with Gasteiger partial charge in [0.2, 0.25) is 0 Å². The van der Waals surface area contributed by atoms with Crippen LogP contribution in [0.1, 0.15) is 45.3 Å². The molecule has 0 aromatic carbocycles. The summed E-state index contributed by atoms with van der Waals surface area (Å²) in [5.74, 6) is -0.180. The lowest BCUT2D eigenvalue weighted by Crippen LogP contribution is -2.19. The standard InChI is InChI=1S/C15H20N4O4/c1-2-3-4-12(20)22-7-10-5-6-11(23-10)19-9-18-13-14(19)16-8-17-15(13)21/h8-11H,2-7H2,1H3,(H,16,17,21). The van der Waals surface area contributed by atoms with E-state index in [0.29, 0.717) is 17.6 Å². The van der Waals surface area contributed by atoms with Crippen LogP contribution in [-0.2, 0) is 14.3 Å². The Morgan fingerprint density at radius 2 is 2.35 bits per heavy atom. The first-order valence-electron chi connectivity index (χ1n) is 7.90. The highest BCUT2D eigenvalue weighted by molar-refractivity contribution is 5.69. The van der Waals surface area contributed by atoms with E-state index in [-0.39, 0.29) is 30.5 Å². The Balaban J connectivity index is 1.60. The predicted octanol–water partition coefficient (Wildman–Crippen LogP) is 1.53. The van der Waals surface area contributed by atoms with E-state index in [1.165, 1.54) is 6.33 Å². The highest BCUT2D eigenvalue weighted by Crippen LogP contribution is 2.29. The van der Waals surface area contributed by atoms with Gasteiger partial charge < -0.3 is 14.5 Å². The Hall–Kier alpha value is -2.22. The molecule has 0 radical (unpaired) electrons. The summed E-state index contributed by atoms with van der Waals surface area (Å²) in [6.45, 7) is 2.30. The fraction of sp³-hybridized carbons (Fsp3) is 0.600. The second-order valence-corrected chi connectivity index (χ2v) is 5.63. The summed E-state index contributed by atoms with van der Waals surface area (Å²) in [5, 5.41) is 0. The third-order valence-corrected chi connectivity index (χ3v) is 3.93. The summed E-state index contributed by atoms with van der Waals surface area (Å²) in [7, 11) is 0. The predicted molar refractivity (Wildman–Crippen MR) is 81.8 cm³/mol. The van der Waals surface area contributed by atoms with Crippen molar-refractivity contribution in [3.05, 3.63) is 23.0 Å². The van der Waals surface area contributed by atoms with Gasteiger partial charge >= 0.3 is 5.97 Å². The molecule has 1 saturated heterocycles. The highest BCUT2D eigenvalue weighted by atomic mass is 16.6. The molecule has 2 aromatic heterocycles. The van der Waals surface area contributed by atoms with Gasteiger partial charge in [-0.15, -0.1) is 0 Å². The number of carbonyl (C=O) groups is 1. The second kappa shape index (κ2) is 6.91. The van der Waals surface area contributed by atoms with Crippen LogP contribution in [-0.4, -0.2) is 38.2 Å². The highest BCUT2D eigenvalue weighted by Gasteiger charge is 2.29. The summed E-state index contributed by atoms with van der Waals surface area (Å²) < 4.78 is 12.9. The van der Waals surface area contributed by atoms with Crippen molar-refractivity contribution in [1.82, 2.24) is 19.5 Å². The molecular weight excluding hydrogens is 300 g/mol. The number of unbranched alkanes of at least 4 members (excludes halogenated alkanes) is 1. The van der Waals surface area contributed by atoms with Crippen molar-refractivity contribution in [3.63, 3.8) is 0 Å². The summed E-state index contributed by atoms with van der Waals surface area (Å²) in [4.78, 5) is 33.9. The molecule has 2 atom stereocenters. The van der Waals surface area contributed by atoms with Crippen LogP contribution >= 0.6 is 0 Å². The Labute approximate surface area is 132 Å². The van der Waals surface area contributed by atoms with Gasteiger partial charge in [0.25, 0.3) is 5.56 Å². The Morgan fingerprint density at radius 1 is 1.48 bits per heavy atom. The molecular formula is C15H20N4O4. The van der Waals surface area contributed by atoms with Gasteiger partial charge in [0.05, 0.1) is 18.8 Å². The number of nitrogens with zero attached hydrogens (tertiary/aromatic N) is 3. The molecule has 3 heterocycles. The number of fused-ring (bicyclic) bond motifs is 1. The zero-order valence-electron chi connectivity index (χ0n) is 13.0. The lowest BCUT2D eigenvalue weighted by atomic mass is 10.2. The van der Waals surface area contributed by atoms with E-state index < -0.39 is 0 Å². The summed E-state index contributed by atoms with van der Waals surface area (Å²) in [6.07, 6.45) is 6.35. The molecule has 8 heteroatoms. The first-order chi connectivity index (χ1) is 11.2. The van der Waals surface area contributed by atoms with E-state index in [0.717, 1.165) is 25.7 Å². The van der Waals surface area contributed by atoms with Crippen molar-refractivity contribution in [3.8, 4) is 0 Å². The van der Waals surface area contributed by atoms with Crippen LogP contribution in [0.5, 0.6) is 0 Å². The van der Waals surface area contributed by atoms with E-state index in [1.807, 2.05) is 6.92 Å². The molecule has 1 aliphatic heterocycles. The molecule has 8 nitrogen and oxygen atoms in total. The van der Waals surface area contributed by atoms with Crippen LogP contribution < -0.4 is 5.56 Å². The second-order valence-electron chi connectivity index (χ2n) is 5.63. The van der Waals surface area contributed by atoms with Crippen LogP contribution in [0.2, 0.25) is 0 Å². The minimum atomic E-state index is -0.270. The normalized spacial score (nSPS) is 20.9. The number of carbonyl (C=O) groups excluding carboxylic acids is 1. The number of aromatic nitrogens is 4. The average molecular weight is 320 g/mol.